The van der Waals surface area contributed by atoms with E-state index in [1.165, 1.54) is 13.0 Å². The first kappa shape index (κ1) is 28.4. The molecule has 1 saturated heterocycles. The Morgan fingerprint density at radius 1 is 1.18 bits per heavy atom. The minimum Gasteiger partial charge on any atom is -0.411 e. The summed E-state index contributed by atoms with van der Waals surface area (Å²) in [4.78, 5) is 42.2. The van der Waals surface area contributed by atoms with Gasteiger partial charge in [0.1, 0.15) is 18.0 Å². The zero-order chi connectivity index (χ0) is 28.2. The number of aromatic amines is 1. The number of rotatable bonds is 10. The minimum absolute atomic E-state index is 0.0478. The molecule has 5 atom stereocenters. The van der Waals surface area contributed by atoms with Gasteiger partial charge in [0.05, 0.1) is 6.61 Å². The summed E-state index contributed by atoms with van der Waals surface area (Å²) in [6, 6.07) is 16.7. The smallest absolute Gasteiger partial charge is 0.411 e. The van der Waals surface area contributed by atoms with E-state index in [4.69, 9.17) is 18.6 Å². The van der Waals surface area contributed by atoms with Crippen LogP contribution >= 0.6 is 7.75 Å². The molecule has 0 amide bonds. The van der Waals surface area contributed by atoms with Crippen LogP contribution in [0.1, 0.15) is 26.5 Å². The lowest BCUT2D eigenvalue weighted by molar-refractivity contribution is -0.147. The maximum absolute atomic E-state index is 15.5. The molecule has 0 spiro atoms. The molecule has 1 aliphatic heterocycles. The molecule has 1 fully saturated rings. The molecule has 0 bridgehead atoms. The number of nitrogens with one attached hydrogen (secondary N) is 2. The molecule has 39 heavy (non-hydrogen) atoms. The molecule has 208 valence electrons. The number of halogens is 1. The third kappa shape index (κ3) is 6.35. The number of hydrogen-bond acceptors (Lipinski definition) is 9. The SMILES string of the molecule is CCC(=O)ONP(=O)(OC[C@H]1O[C@@H](n2ccc(=O)[nH]c2=O)[C@](C)(F)[C@@H]1O)Oc1ccccc1-c1ccccc1. The molecule has 3 aromatic rings. The van der Waals surface area contributed by atoms with Crippen molar-refractivity contribution in [1.82, 2.24) is 14.8 Å². The summed E-state index contributed by atoms with van der Waals surface area (Å²) >= 11 is 0. The Morgan fingerprint density at radius 3 is 2.56 bits per heavy atom. The molecule has 0 aliphatic carbocycles. The van der Waals surface area contributed by atoms with Crippen LogP contribution in [-0.2, 0) is 23.5 Å². The number of ether oxygens (including phenoxy) is 1. The standard InChI is InChI=1S/C25H27FN3O9P/c1-3-21(31)37-28-39(34,38-18-12-8-7-11-17(18)16-9-5-4-6-10-16)35-15-19-22(32)25(2,26)23(36-19)29-14-13-20(30)27-24(29)33/h4-14,19,22-23,32H,3,15H2,1-2H3,(H,28,34)(H,27,30,33)/t19-,22-,23-,25-,39?/m1/s1. The number of hydrogen-bond donors (Lipinski definition) is 3. The predicted molar refractivity (Wildman–Crippen MR) is 136 cm³/mol. The number of para-hydroxylation sites is 1. The maximum Gasteiger partial charge on any atom is 0.491 e. The lowest BCUT2D eigenvalue weighted by atomic mass is 9.98. The van der Waals surface area contributed by atoms with Gasteiger partial charge in [0.15, 0.2) is 11.9 Å². The fourth-order valence-electron chi connectivity index (χ4n) is 3.92. The lowest BCUT2D eigenvalue weighted by Gasteiger charge is -2.24. The molecule has 1 unspecified atom stereocenters. The number of aliphatic hydroxyl groups excluding tert-OH is 1. The molecule has 14 heteroatoms. The molecule has 2 heterocycles. The summed E-state index contributed by atoms with van der Waals surface area (Å²) < 4.78 is 46.7. The van der Waals surface area contributed by atoms with Gasteiger partial charge in [0, 0.05) is 24.2 Å². The van der Waals surface area contributed by atoms with Crippen LogP contribution in [0.2, 0.25) is 0 Å². The highest BCUT2D eigenvalue weighted by Crippen LogP contribution is 2.49. The average molecular weight is 563 g/mol. The summed E-state index contributed by atoms with van der Waals surface area (Å²) in [5.41, 5.74) is -2.87. The Kier molecular flexibility index (Phi) is 8.48. The van der Waals surface area contributed by atoms with E-state index in [2.05, 4.69) is 0 Å². The second-order valence-electron chi connectivity index (χ2n) is 8.81. The fraction of sp³-hybridized carbons (Fsp3) is 0.320. The zero-order valence-electron chi connectivity index (χ0n) is 21.0. The van der Waals surface area contributed by atoms with Crippen LogP contribution in [0, 0.1) is 0 Å². The first-order chi connectivity index (χ1) is 18.5. The predicted octanol–water partition coefficient (Wildman–Crippen LogP) is 2.85. The molecule has 0 radical (unpaired) electrons. The summed E-state index contributed by atoms with van der Waals surface area (Å²) in [5, 5.41) is 12.7. The van der Waals surface area contributed by atoms with Gasteiger partial charge in [0.25, 0.3) is 5.56 Å². The average Bonchev–Trinajstić information content (AvgIpc) is 3.15. The van der Waals surface area contributed by atoms with E-state index in [0.29, 0.717) is 5.56 Å². The van der Waals surface area contributed by atoms with Crippen molar-refractivity contribution in [3.8, 4) is 16.9 Å². The molecule has 1 aliphatic rings. The quantitative estimate of drug-likeness (QED) is 0.247. The number of nitrogens with zero attached hydrogens (tertiary/aromatic N) is 1. The number of benzene rings is 2. The highest BCUT2D eigenvalue weighted by Gasteiger charge is 2.55. The fourth-order valence-corrected chi connectivity index (χ4v) is 5.03. The maximum atomic E-state index is 15.5. The van der Waals surface area contributed by atoms with Crippen LogP contribution in [0.3, 0.4) is 0 Å². The van der Waals surface area contributed by atoms with Crippen molar-refractivity contribution in [1.29, 1.82) is 0 Å². The number of aromatic nitrogens is 2. The van der Waals surface area contributed by atoms with Gasteiger partial charge in [-0.3, -0.25) is 23.7 Å². The zero-order valence-corrected chi connectivity index (χ0v) is 21.9. The van der Waals surface area contributed by atoms with Crippen molar-refractivity contribution < 1.29 is 37.5 Å². The first-order valence-corrected chi connectivity index (χ1v) is 13.5. The van der Waals surface area contributed by atoms with E-state index in [1.54, 1.807) is 30.3 Å². The van der Waals surface area contributed by atoms with Gasteiger partial charge in [-0.05, 0) is 23.8 Å². The normalized spacial score (nSPS) is 24.2. The minimum atomic E-state index is -4.51. The van der Waals surface area contributed by atoms with Crippen LogP contribution < -0.4 is 21.0 Å². The van der Waals surface area contributed by atoms with Gasteiger partial charge in [0.2, 0.25) is 0 Å². The largest absolute Gasteiger partial charge is 0.491 e. The Bertz CT molecular complexity index is 1480. The summed E-state index contributed by atoms with van der Waals surface area (Å²) in [6.45, 7) is 1.83. The Hall–Kier alpha value is -3.61. The summed E-state index contributed by atoms with van der Waals surface area (Å²) in [6.07, 6.45) is -3.94. The molecule has 3 N–H and O–H groups in total. The number of carbonyl (C=O) groups excluding carboxylic acids is 1. The van der Waals surface area contributed by atoms with Crippen LogP contribution in [0.4, 0.5) is 4.39 Å². The molecular formula is C25H27FN3O9P. The third-order valence-electron chi connectivity index (χ3n) is 5.98. The van der Waals surface area contributed by atoms with Crippen molar-refractivity contribution in [3.05, 3.63) is 87.7 Å². The van der Waals surface area contributed by atoms with E-state index in [1.807, 2.05) is 28.4 Å². The van der Waals surface area contributed by atoms with Crippen molar-refractivity contribution in [3.63, 3.8) is 0 Å². The second kappa shape index (κ2) is 11.6. The van der Waals surface area contributed by atoms with Crippen LogP contribution in [0.15, 0.2) is 76.4 Å². The third-order valence-corrected chi connectivity index (χ3v) is 7.22. The first-order valence-electron chi connectivity index (χ1n) is 11.9. The van der Waals surface area contributed by atoms with Crippen molar-refractivity contribution in [2.24, 2.45) is 0 Å². The van der Waals surface area contributed by atoms with Crippen molar-refractivity contribution in [2.45, 2.75) is 44.4 Å². The van der Waals surface area contributed by atoms with Crippen molar-refractivity contribution in [2.75, 3.05) is 6.61 Å². The van der Waals surface area contributed by atoms with Gasteiger partial charge in [-0.15, -0.1) is 0 Å². The number of H-pyrrole nitrogens is 1. The van der Waals surface area contributed by atoms with Gasteiger partial charge in [-0.1, -0.05) is 55.5 Å². The van der Waals surface area contributed by atoms with Crippen LogP contribution in [-0.4, -0.2) is 45.1 Å². The topological polar surface area (TPSA) is 158 Å². The molecule has 4 rings (SSSR count). The highest BCUT2D eigenvalue weighted by molar-refractivity contribution is 7.51. The lowest BCUT2D eigenvalue weighted by Crippen LogP contribution is -2.43. The van der Waals surface area contributed by atoms with E-state index in [9.17, 15) is 24.1 Å². The highest BCUT2D eigenvalue weighted by atomic mass is 31.2. The van der Waals surface area contributed by atoms with Gasteiger partial charge < -0.3 is 19.2 Å². The molecule has 12 nitrogen and oxygen atoms in total. The van der Waals surface area contributed by atoms with Crippen molar-refractivity contribution >= 4 is 13.7 Å². The van der Waals surface area contributed by atoms with Crippen LogP contribution in [0.25, 0.3) is 11.1 Å². The van der Waals surface area contributed by atoms with E-state index in [0.717, 1.165) is 29.3 Å². The van der Waals surface area contributed by atoms with Gasteiger partial charge >= 0.3 is 19.4 Å². The van der Waals surface area contributed by atoms with Gasteiger partial charge in [-0.25, -0.2) is 13.8 Å². The number of carbonyl (C=O) groups is 1. The molecule has 0 saturated carbocycles. The van der Waals surface area contributed by atoms with E-state index >= 15 is 4.39 Å². The Balaban J connectivity index is 1.58. The van der Waals surface area contributed by atoms with Gasteiger partial charge in [-0.2, -0.15) is 0 Å². The Morgan fingerprint density at radius 2 is 1.87 bits per heavy atom. The summed E-state index contributed by atoms with van der Waals surface area (Å²) in [5.74, 6) is -0.641. The van der Waals surface area contributed by atoms with E-state index < -0.39 is 55.7 Å². The molecular weight excluding hydrogens is 536 g/mol. The monoisotopic (exact) mass is 563 g/mol. The molecule has 1 aromatic heterocycles. The summed E-state index contributed by atoms with van der Waals surface area (Å²) in [7, 11) is -4.51. The number of alkyl halides is 1. The van der Waals surface area contributed by atoms with Crippen LogP contribution in [0.5, 0.6) is 5.75 Å². The molecule has 2 aromatic carbocycles. The number of aliphatic hydroxyl groups is 1. The Labute approximate surface area is 221 Å². The van der Waals surface area contributed by atoms with E-state index in [-0.39, 0.29) is 12.2 Å². The second-order valence-corrected chi connectivity index (χ2v) is 10.4.